The van der Waals surface area contributed by atoms with Gasteiger partial charge in [0.2, 0.25) is 5.78 Å². The number of aliphatic hydroxyl groups excluding tert-OH is 2. The Kier molecular flexibility index (Phi) is 4.81. The predicted octanol–water partition coefficient (Wildman–Crippen LogP) is 0.356. The quantitative estimate of drug-likeness (QED) is 0.204. The van der Waals surface area contributed by atoms with E-state index in [2.05, 4.69) is 0 Å². The zero-order chi connectivity index (χ0) is 23.9. The monoisotopic (exact) mass is 463 g/mol. The number of phenolic OH excluding ortho intramolecular Hbond substituents is 1. The third-order valence-electron chi connectivity index (χ3n) is 6.70. The fraction of sp³-hybridized carbons (Fsp3) is 0.381. The van der Waals surface area contributed by atoms with Gasteiger partial charge in [0.05, 0.1) is 22.3 Å². The number of aliphatic hydroxyl groups is 3. The van der Waals surface area contributed by atoms with Crippen LogP contribution < -0.4 is 11.5 Å². The van der Waals surface area contributed by atoms with E-state index in [1.165, 1.54) is 11.0 Å². The van der Waals surface area contributed by atoms with Crippen molar-refractivity contribution in [2.24, 2.45) is 17.6 Å². The molecule has 0 fully saturated rings. The number of carbonyl (C=O) groups is 3. The molecule has 10 nitrogen and oxygen atoms in total. The number of primary amides is 1. The molecule has 0 aliphatic heterocycles. The molecule has 4 atom stereocenters. The lowest BCUT2D eigenvalue weighted by Gasteiger charge is -2.50. The third kappa shape index (κ3) is 2.63. The molecule has 0 saturated heterocycles. The van der Waals surface area contributed by atoms with Gasteiger partial charge in [0.25, 0.3) is 5.91 Å². The molecule has 32 heavy (non-hydrogen) atoms. The highest BCUT2D eigenvalue weighted by Gasteiger charge is 2.63. The lowest BCUT2D eigenvalue weighted by molar-refractivity contribution is -0.148. The van der Waals surface area contributed by atoms with Gasteiger partial charge in [0.1, 0.15) is 17.1 Å². The Morgan fingerprint density at radius 3 is 2.44 bits per heavy atom. The molecule has 170 valence electrons. The number of anilines is 1. The molecule has 3 aliphatic carbocycles. The van der Waals surface area contributed by atoms with Crippen molar-refractivity contribution >= 4 is 34.8 Å². The molecule has 0 spiro atoms. The number of benzene rings is 1. The number of nitrogens with zero attached hydrogens (tertiary/aromatic N) is 1. The normalized spacial score (nSPS) is 29.7. The molecule has 1 aromatic rings. The van der Waals surface area contributed by atoms with Crippen molar-refractivity contribution in [2.45, 2.75) is 24.5 Å². The van der Waals surface area contributed by atoms with Crippen LogP contribution in [0.15, 0.2) is 28.7 Å². The van der Waals surface area contributed by atoms with Crippen molar-refractivity contribution in [3.05, 3.63) is 44.9 Å². The molecule has 0 unspecified atom stereocenters. The molecule has 0 heterocycles. The molecule has 0 radical (unpaired) electrons. The van der Waals surface area contributed by atoms with E-state index >= 15 is 0 Å². The van der Waals surface area contributed by atoms with Crippen LogP contribution in [0.4, 0.5) is 5.69 Å². The molecule has 11 heteroatoms. The summed E-state index contributed by atoms with van der Waals surface area (Å²) in [6.45, 7) is 0. The van der Waals surface area contributed by atoms with E-state index in [4.69, 9.17) is 23.1 Å². The van der Waals surface area contributed by atoms with Crippen LogP contribution >= 0.6 is 11.6 Å². The van der Waals surface area contributed by atoms with E-state index in [0.29, 0.717) is 5.56 Å². The van der Waals surface area contributed by atoms with Gasteiger partial charge in [-0.1, -0.05) is 11.6 Å². The first-order valence-electron chi connectivity index (χ1n) is 9.78. The number of carbonyl (C=O) groups excluding carboxylic acids is 3. The number of halogens is 1. The lowest BCUT2D eigenvalue weighted by Crippen LogP contribution is -2.63. The fourth-order valence-corrected chi connectivity index (χ4v) is 5.51. The summed E-state index contributed by atoms with van der Waals surface area (Å²) < 4.78 is 0. The highest BCUT2D eigenvalue weighted by molar-refractivity contribution is 6.34. The summed E-state index contributed by atoms with van der Waals surface area (Å²) in [6, 6.07) is 0.417. The molecule has 1 amide bonds. The van der Waals surface area contributed by atoms with Gasteiger partial charge in [-0.2, -0.15) is 0 Å². The van der Waals surface area contributed by atoms with Crippen LogP contribution in [0.1, 0.15) is 22.3 Å². The summed E-state index contributed by atoms with van der Waals surface area (Å²) in [5.74, 6) is -7.19. The Bertz CT molecular complexity index is 1170. The van der Waals surface area contributed by atoms with E-state index < -0.39 is 63.8 Å². The zero-order valence-corrected chi connectivity index (χ0v) is 18.0. The average molecular weight is 464 g/mol. The Balaban J connectivity index is 1.98. The minimum atomic E-state index is -2.67. The number of ketones is 2. The molecular weight excluding hydrogens is 442 g/mol. The van der Waals surface area contributed by atoms with Crippen molar-refractivity contribution in [1.82, 2.24) is 4.90 Å². The second kappa shape index (κ2) is 6.96. The molecule has 0 bridgehead atoms. The average Bonchev–Trinajstić information content (AvgIpc) is 2.68. The number of rotatable bonds is 2. The van der Waals surface area contributed by atoms with Gasteiger partial charge < -0.3 is 31.9 Å². The summed E-state index contributed by atoms with van der Waals surface area (Å²) in [5.41, 5.74) is 7.26. The summed E-state index contributed by atoms with van der Waals surface area (Å²) >= 11 is 6.05. The number of hydrogen-bond acceptors (Lipinski definition) is 9. The van der Waals surface area contributed by atoms with Crippen molar-refractivity contribution in [1.29, 1.82) is 0 Å². The number of nitrogens with two attached hydrogens (primary N) is 2. The maximum atomic E-state index is 13.3. The van der Waals surface area contributed by atoms with E-state index in [9.17, 15) is 34.8 Å². The van der Waals surface area contributed by atoms with Crippen LogP contribution in [0, 0.1) is 11.8 Å². The minimum Gasteiger partial charge on any atom is -0.510 e. The summed E-state index contributed by atoms with van der Waals surface area (Å²) in [7, 11) is 3.13. The summed E-state index contributed by atoms with van der Waals surface area (Å²) in [6.07, 6.45) is 0.163. The molecule has 8 N–H and O–H groups in total. The zero-order valence-electron chi connectivity index (χ0n) is 17.2. The Labute approximate surface area is 187 Å². The number of fused-ring (bicyclic) bond motifs is 3. The molecule has 0 aromatic heterocycles. The standard InChI is InChI=1S/C21H22ClN3O7/c1-25(2)14-8-4-6-3-7-5-9(22)13(23)16(27)10(7)15(26)11(6)18(29)21(8,32)19(30)12(17(14)28)20(24)31/h5-6,8,14,27-29,32H,3-4,23H2,1-2H3,(H2,24,31)/t6-,8-,14-,21-/m0/s1. The Hall–Kier alpha value is -3.08. The van der Waals surface area contributed by atoms with Crippen LogP contribution in [0.5, 0.6) is 5.75 Å². The highest BCUT2D eigenvalue weighted by atomic mass is 35.5. The first kappa shape index (κ1) is 22.1. The number of allylic oxidation sites excluding steroid dienone is 1. The van der Waals surface area contributed by atoms with Crippen molar-refractivity contribution in [3.63, 3.8) is 0 Å². The smallest absolute Gasteiger partial charge is 0.255 e. The van der Waals surface area contributed by atoms with Crippen LogP contribution in [0.25, 0.3) is 0 Å². The molecule has 0 saturated carbocycles. The number of phenols is 1. The first-order valence-corrected chi connectivity index (χ1v) is 10.2. The largest absolute Gasteiger partial charge is 0.510 e. The highest BCUT2D eigenvalue weighted by Crippen LogP contribution is 2.53. The maximum absolute atomic E-state index is 13.3. The Morgan fingerprint density at radius 1 is 1.25 bits per heavy atom. The van der Waals surface area contributed by atoms with Crippen LogP contribution in [0.3, 0.4) is 0 Å². The molecule has 3 aliphatic rings. The summed E-state index contributed by atoms with van der Waals surface area (Å²) in [4.78, 5) is 39.8. The topological polar surface area (TPSA) is 187 Å². The number of hydrogen-bond donors (Lipinski definition) is 6. The second-order valence-electron chi connectivity index (χ2n) is 8.62. The predicted molar refractivity (Wildman–Crippen MR) is 113 cm³/mol. The van der Waals surface area contributed by atoms with Crippen LogP contribution in [-0.4, -0.2) is 68.5 Å². The van der Waals surface area contributed by atoms with Crippen molar-refractivity contribution < 1.29 is 34.8 Å². The van der Waals surface area contributed by atoms with Gasteiger partial charge in [-0.25, -0.2) is 0 Å². The van der Waals surface area contributed by atoms with Gasteiger partial charge in [-0.15, -0.1) is 0 Å². The molecule has 1 aromatic carbocycles. The number of likely N-dealkylation sites (N-methyl/N-ethyl adjacent to an activating group) is 1. The number of nitrogen functional groups attached to an aromatic ring is 1. The van der Waals surface area contributed by atoms with Crippen LogP contribution in [-0.2, 0) is 16.0 Å². The minimum absolute atomic E-state index is 0.00845. The molecular formula is C21H22ClN3O7. The number of amides is 1. The van der Waals surface area contributed by atoms with Crippen LogP contribution in [0.2, 0.25) is 5.02 Å². The van der Waals surface area contributed by atoms with E-state index in [1.54, 1.807) is 14.1 Å². The second-order valence-corrected chi connectivity index (χ2v) is 9.03. The van der Waals surface area contributed by atoms with Gasteiger partial charge in [0.15, 0.2) is 17.1 Å². The number of aromatic hydroxyl groups is 1. The van der Waals surface area contributed by atoms with Gasteiger partial charge in [-0.05, 0) is 44.5 Å². The Morgan fingerprint density at radius 2 is 1.88 bits per heavy atom. The van der Waals surface area contributed by atoms with Gasteiger partial charge >= 0.3 is 0 Å². The number of Topliss-reactive ketones (excluding diaryl/α,β-unsaturated/α-hetero) is 2. The fourth-order valence-electron chi connectivity index (χ4n) is 5.29. The van der Waals surface area contributed by atoms with E-state index in [-0.39, 0.29) is 34.7 Å². The van der Waals surface area contributed by atoms with Gasteiger partial charge in [-0.3, -0.25) is 19.3 Å². The lowest BCUT2D eigenvalue weighted by atomic mass is 9.58. The maximum Gasteiger partial charge on any atom is 0.255 e. The van der Waals surface area contributed by atoms with Gasteiger partial charge in [0, 0.05) is 11.5 Å². The third-order valence-corrected chi connectivity index (χ3v) is 7.01. The molecule has 4 rings (SSSR count). The van der Waals surface area contributed by atoms with Crippen molar-refractivity contribution in [3.8, 4) is 5.75 Å². The van der Waals surface area contributed by atoms with E-state index in [0.717, 1.165) is 0 Å². The van der Waals surface area contributed by atoms with E-state index in [1.807, 2.05) is 0 Å². The summed E-state index contributed by atoms with van der Waals surface area (Å²) in [5, 5.41) is 43.7. The first-order chi connectivity index (χ1) is 14.8. The SMILES string of the molecule is CN(C)[C@@H]1C(O)=C(C(N)=O)C(=O)[C@@]2(O)C(O)=C3C(=O)c4c(cc(Cl)c(N)c4O)C[C@H]3C[C@@H]12. The van der Waals surface area contributed by atoms with Crippen molar-refractivity contribution in [2.75, 3.05) is 19.8 Å².